The molecule has 0 aliphatic carbocycles. The molecule has 7 heteroatoms. The second-order valence-electron chi connectivity index (χ2n) is 5.87. The van der Waals surface area contributed by atoms with E-state index in [0.29, 0.717) is 6.54 Å². The highest BCUT2D eigenvalue weighted by molar-refractivity contribution is 7.89. The summed E-state index contributed by atoms with van der Waals surface area (Å²) in [6.07, 6.45) is 8.85. The molecule has 1 fully saturated rings. The zero-order valence-corrected chi connectivity index (χ0v) is 13.8. The molecular formula is C15H22N4O2S. The quantitative estimate of drug-likeness (QED) is 0.869. The number of aromatic nitrogens is 3. The Morgan fingerprint density at radius 3 is 2.68 bits per heavy atom. The van der Waals surface area contributed by atoms with Gasteiger partial charge in [0.2, 0.25) is 10.0 Å². The molecule has 1 saturated heterocycles. The van der Waals surface area contributed by atoms with Gasteiger partial charge in [0.25, 0.3) is 0 Å². The second-order valence-corrected chi connectivity index (χ2v) is 7.77. The third-order valence-corrected chi connectivity index (χ3v) is 6.18. The van der Waals surface area contributed by atoms with Gasteiger partial charge in [0.1, 0.15) is 4.90 Å². The zero-order valence-electron chi connectivity index (χ0n) is 13.0. The summed E-state index contributed by atoms with van der Waals surface area (Å²) < 4.78 is 31.3. The van der Waals surface area contributed by atoms with Crippen LogP contribution in [0.25, 0.3) is 0 Å². The van der Waals surface area contributed by atoms with Gasteiger partial charge in [-0.05, 0) is 25.0 Å². The highest BCUT2D eigenvalue weighted by atomic mass is 32.2. The molecule has 0 aromatic carbocycles. The smallest absolute Gasteiger partial charge is 0.246 e. The maximum absolute atomic E-state index is 13.0. The van der Waals surface area contributed by atoms with Gasteiger partial charge >= 0.3 is 0 Å². The lowest BCUT2D eigenvalue weighted by atomic mass is 10.1. The lowest BCUT2D eigenvalue weighted by Gasteiger charge is -2.29. The molecule has 1 aliphatic rings. The van der Waals surface area contributed by atoms with E-state index in [9.17, 15) is 8.42 Å². The standard InChI is InChI=1S/C15H22N4O2S/c1-17-9-6-8-14(17)15-7-4-3-5-10-19(15)22(20,21)13-11-16-18(2)12-13/h6,8-9,11-12,15H,3-5,7,10H2,1-2H3/t15-/m0/s1. The first kappa shape index (κ1) is 15.3. The van der Waals surface area contributed by atoms with Crippen LogP contribution in [0.3, 0.4) is 0 Å². The molecule has 120 valence electrons. The first-order chi connectivity index (χ1) is 10.5. The molecule has 0 bridgehead atoms. The first-order valence-electron chi connectivity index (χ1n) is 7.62. The van der Waals surface area contributed by atoms with Crippen molar-refractivity contribution in [3.63, 3.8) is 0 Å². The molecule has 2 aromatic rings. The summed E-state index contributed by atoms with van der Waals surface area (Å²) >= 11 is 0. The van der Waals surface area contributed by atoms with E-state index in [2.05, 4.69) is 5.10 Å². The maximum Gasteiger partial charge on any atom is 0.246 e. The van der Waals surface area contributed by atoms with Crippen LogP contribution >= 0.6 is 0 Å². The molecule has 3 heterocycles. The van der Waals surface area contributed by atoms with Gasteiger partial charge in [-0.2, -0.15) is 9.40 Å². The van der Waals surface area contributed by atoms with E-state index >= 15 is 0 Å². The van der Waals surface area contributed by atoms with Crippen molar-refractivity contribution in [2.45, 2.75) is 36.6 Å². The molecule has 3 rings (SSSR count). The number of hydrogen-bond acceptors (Lipinski definition) is 3. The fourth-order valence-electron chi connectivity index (χ4n) is 3.15. The van der Waals surface area contributed by atoms with Gasteiger partial charge in [0.15, 0.2) is 0 Å². The molecule has 0 amide bonds. The van der Waals surface area contributed by atoms with E-state index in [4.69, 9.17) is 0 Å². The lowest BCUT2D eigenvalue weighted by Crippen LogP contribution is -2.35. The van der Waals surface area contributed by atoms with Gasteiger partial charge < -0.3 is 4.57 Å². The Kier molecular flexibility index (Phi) is 4.10. The number of aryl methyl sites for hydroxylation is 2. The molecule has 0 unspecified atom stereocenters. The SMILES string of the molecule is Cn1cc(S(=O)(=O)N2CCCCC[C@H]2c2cccn2C)cn1. The molecular weight excluding hydrogens is 300 g/mol. The van der Waals surface area contributed by atoms with E-state index in [-0.39, 0.29) is 10.9 Å². The van der Waals surface area contributed by atoms with Gasteiger partial charge in [0, 0.05) is 38.7 Å². The minimum absolute atomic E-state index is 0.104. The van der Waals surface area contributed by atoms with E-state index in [1.54, 1.807) is 17.5 Å². The normalized spacial score (nSPS) is 20.9. The Morgan fingerprint density at radius 1 is 1.23 bits per heavy atom. The van der Waals surface area contributed by atoms with Gasteiger partial charge in [-0.1, -0.05) is 12.8 Å². The van der Waals surface area contributed by atoms with Crippen LogP contribution in [0.1, 0.15) is 37.4 Å². The summed E-state index contributed by atoms with van der Waals surface area (Å²) in [7, 11) is 0.180. The third-order valence-electron chi connectivity index (χ3n) is 4.32. The van der Waals surface area contributed by atoms with Crippen molar-refractivity contribution < 1.29 is 8.42 Å². The van der Waals surface area contributed by atoms with Gasteiger partial charge in [0.05, 0.1) is 12.2 Å². The summed E-state index contributed by atoms with van der Waals surface area (Å²) in [5.74, 6) is 0. The average Bonchev–Trinajstić information content (AvgIpc) is 3.01. The predicted molar refractivity (Wildman–Crippen MR) is 83.7 cm³/mol. The van der Waals surface area contributed by atoms with Gasteiger partial charge in [-0.3, -0.25) is 4.68 Å². The Labute approximate surface area is 131 Å². The minimum atomic E-state index is -3.52. The minimum Gasteiger partial charge on any atom is -0.353 e. The van der Waals surface area contributed by atoms with Gasteiger partial charge in [-0.15, -0.1) is 0 Å². The predicted octanol–water partition coefficient (Wildman–Crippen LogP) is 2.06. The highest BCUT2D eigenvalue weighted by Gasteiger charge is 2.35. The fourth-order valence-corrected chi connectivity index (χ4v) is 4.81. The number of sulfonamides is 1. The maximum atomic E-state index is 13.0. The molecule has 0 radical (unpaired) electrons. The molecule has 22 heavy (non-hydrogen) atoms. The molecule has 0 N–H and O–H groups in total. The van der Waals surface area contributed by atoms with E-state index in [0.717, 1.165) is 31.4 Å². The second kappa shape index (κ2) is 5.89. The van der Waals surface area contributed by atoms with Gasteiger partial charge in [-0.25, -0.2) is 8.42 Å². The van der Waals surface area contributed by atoms with E-state index in [1.165, 1.54) is 10.9 Å². The highest BCUT2D eigenvalue weighted by Crippen LogP contribution is 2.34. The van der Waals surface area contributed by atoms with Crippen LogP contribution in [-0.4, -0.2) is 33.6 Å². The molecule has 0 spiro atoms. The van der Waals surface area contributed by atoms with Crippen molar-refractivity contribution in [3.05, 3.63) is 36.4 Å². The van der Waals surface area contributed by atoms with Crippen LogP contribution in [0.2, 0.25) is 0 Å². The monoisotopic (exact) mass is 322 g/mol. The summed E-state index contributed by atoms with van der Waals surface area (Å²) in [6.45, 7) is 0.563. The number of hydrogen-bond donors (Lipinski definition) is 0. The Hall–Kier alpha value is -1.60. The van der Waals surface area contributed by atoms with Crippen LogP contribution < -0.4 is 0 Å². The summed E-state index contributed by atoms with van der Waals surface area (Å²) in [4.78, 5) is 0.274. The molecule has 2 aromatic heterocycles. The summed E-state index contributed by atoms with van der Waals surface area (Å²) in [5, 5.41) is 4.01. The zero-order chi connectivity index (χ0) is 15.7. The van der Waals surface area contributed by atoms with Crippen molar-refractivity contribution in [3.8, 4) is 0 Å². The van der Waals surface area contributed by atoms with Crippen molar-refractivity contribution in [1.82, 2.24) is 18.7 Å². The van der Waals surface area contributed by atoms with Crippen molar-refractivity contribution in [2.24, 2.45) is 14.1 Å². The van der Waals surface area contributed by atoms with Crippen LogP contribution in [0.15, 0.2) is 35.6 Å². The summed E-state index contributed by atoms with van der Waals surface area (Å²) in [5.41, 5.74) is 1.05. The molecule has 6 nitrogen and oxygen atoms in total. The average molecular weight is 322 g/mol. The topological polar surface area (TPSA) is 60.1 Å². The first-order valence-corrected chi connectivity index (χ1v) is 9.06. The van der Waals surface area contributed by atoms with Crippen molar-refractivity contribution >= 4 is 10.0 Å². The summed E-state index contributed by atoms with van der Waals surface area (Å²) in [6, 6.07) is 3.88. The largest absolute Gasteiger partial charge is 0.353 e. The lowest BCUT2D eigenvalue weighted by molar-refractivity contribution is 0.318. The molecule has 1 aliphatic heterocycles. The van der Waals surface area contributed by atoms with Crippen LogP contribution in [0.4, 0.5) is 0 Å². The van der Waals surface area contributed by atoms with Crippen molar-refractivity contribution in [1.29, 1.82) is 0 Å². The van der Waals surface area contributed by atoms with E-state index < -0.39 is 10.0 Å². The van der Waals surface area contributed by atoms with Crippen LogP contribution in [0, 0.1) is 0 Å². The number of nitrogens with zero attached hydrogens (tertiary/aromatic N) is 4. The Morgan fingerprint density at radius 2 is 2.05 bits per heavy atom. The fraction of sp³-hybridized carbons (Fsp3) is 0.533. The third kappa shape index (κ3) is 2.70. The van der Waals surface area contributed by atoms with E-state index in [1.807, 2.05) is 29.9 Å². The number of rotatable bonds is 3. The molecule has 0 saturated carbocycles. The Balaban J connectivity index is 2.02. The van der Waals surface area contributed by atoms with Crippen LogP contribution in [0.5, 0.6) is 0 Å². The molecule has 1 atom stereocenters. The van der Waals surface area contributed by atoms with Crippen LogP contribution in [-0.2, 0) is 24.1 Å². The Bertz CT molecular complexity index is 747. The van der Waals surface area contributed by atoms with Crippen molar-refractivity contribution in [2.75, 3.05) is 6.54 Å².